The number of rotatable bonds is 3. The first-order chi connectivity index (χ1) is 8.58. The number of aromatic amines is 1. The monoisotopic (exact) mass is 267 g/mol. The molecule has 0 unspecified atom stereocenters. The van der Waals surface area contributed by atoms with Crippen LogP contribution in [-0.2, 0) is 0 Å². The number of benzene rings is 1. The van der Waals surface area contributed by atoms with E-state index in [2.05, 4.69) is 20.7 Å². The molecule has 1 aromatic heterocycles. The van der Waals surface area contributed by atoms with Gasteiger partial charge in [-0.3, -0.25) is 14.9 Å². The number of nitro benzene ring substituents is 1. The molecule has 0 bridgehead atoms. The van der Waals surface area contributed by atoms with Crippen LogP contribution in [0.15, 0.2) is 24.4 Å². The number of nitro groups is 1. The van der Waals surface area contributed by atoms with Crippen molar-refractivity contribution in [3.8, 4) is 0 Å². The maximum Gasteiger partial charge on any atom is 0.289 e. The fraction of sp³-hybridized carbons (Fsp3) is 0. The van der Waals surface area contributed by atoms with E-state index in [1.54, 1.807) is 0 Å². The van der Waals surface area contributed by atoms with E-state index in [1.807, 2.05) is 0 Å². The van der Waals surface area contributed by atoms with E-state index in [4.69, 9.17) is 11.6 Å². The van der Waals surface area contributed by atoms with E-state index in [9.17, 15) is 14.9 Å². The van der Waals surface area contributed by atoms with Gasteiger partial charge in [0.25, 0.3) is 11.6 Å². The van der Waals surface area contributed by atoms with Crippen LogP contribution in [0.4, 0.5) is 11.4 Å². The summed E-state index contributed by atoms with van der Waals surface area (Å²) >= 11 is 5.65. The van der Waals surface area contributed by atoms with Gasteiger partial charge in [0.1, 0.15) is 5.02 Å². The van der Waals surface area contributed by atoms with E-state index in [0.29, 0.717) is 0 Å². The highest BCUT2D eigenvalue weighted by Crippen LogP contribution is 2.27. The number of carbonyl (C=O) groups is 1. The second-order valence-corrected chi connectivity index (χ2v) is 3.64. The Morgan fingerprint density at radius 3 is 2.89 bits per heavy atom. The van der Waals surface area contributed by atoms with E-state index in [0.717, 1.165) is 0 Å². The Kier molecular flexibility index (Phi) is 3.20. The minimum atomic E-state index is -0.631. The zero-order valence-electron chi connectivity index (χ0n) is 8.75. The predicted octanol–water partition coefficient (Wildman–Crippen LogP) is 1.62. The molecule has 92 valence electrons. The Morgan fingerprint density at radius 2 is 2.28 bits per heavy atom. The maximum absolute atomic E-state index is 11.6. The molecular weight excluding hydrogens is 262 g/mol. The quantitative estimate of drug-likeness (QED) is 0.648. The average molecular weight is 268 g/mol. The summed E-state index contributed by atoms with van der Waals surface area (Å²) in [6, 6.07) is 3.95. The highest BCUT2D eigenvalue weighted by atomic mass is 35.5. The van der Waals surface area contributed by atoms with Gasteiger partial charge in [-0.2, -0.15) is 15.4 Å². The maximum atomic E-state index is 11.6. The van der Waals surface area contributed by atoms with Gasteiger partial charge in [0, 0.05) is 11.8 Å². The third kappa shape index (κ3) is 2.43. The minimum Gasteiger partial charge on any atom is -0.320 e. The lowest BCUT2D eigenvalue weighted by atomic mass is 10.2. The van der Waals surface area contributed by atoms with Gasteiger partial charge >= 0.3 is 0 Å². The molecule has 2 rings (SSSR count). The number of halogens is 1. The molecule has 0 saturated heterocycles. The van der Waals surface area contributed by atoms with Crippen LogP contribution >= 0.6 is 11.6 Å². The SMILES string of the molecule is O=C(Nc1ccc(Cl)c([N+](=O)[O-])c1)c1cn[nH]n1. The number of hydrogen-bond donors (Lipinski definition) is 2. The van der Waals surface area contributed by atoms with Crippen molar-refractivity contribution in [1.82, 2.24) is 15.4 Å². The van der Waals surface area contributed by atoms with Crippen LogP contribution in [0.3, 0.4) is 0 Å². The highest BCUT2D eigenvalue weighted by Gasteiger charge is 2.15. The molecule has 1 amide bonds. The Morgan fingerprint density at radius 1 is 1.50 bits per heavy atom. The fourth-order valence-corrected chi connectivity index (χ4v) is 1.42. The smallest absolute Gasteiger partial charge is 0.289 e. The van der Waals surface area contributed by atoms with Crippen LogP contribution < -0.4 is 5.32 Å². The molecule has 8 nitrogen and oxygen atoms in total. The summed E-state index contributed by atoms with van der Waals surface area (Å²) in [5.74, 6) is -0.527. The molecule has 2 aromatic rings. The number of H-pyrrole nitrogens is 1. The highest BCUT2D eigenvalue weighted by molar-refractivity contribution is 6.32. The zero-order chi connectivity index (χ0) is 13.1. The van der Waals surface area contributed by atoms with Crippen molar-refractivity contribution >= 4 is 28.9 Å². The molecule has 0 aliphatic carbocycles. The molecular formula is C9H6ClN5O3. The van der Waals surface area contributed by atoms with Crippen molar-refractivity contribution in [1.29, 1.82) is 0 Å². The van der Waals surface area contributed by atoms with Crippen molar-refractivity contribution < 1.29 is 9.72 Å². The van der Waals surface area contributed by atoms with Crippen LogP contribution in [0, 0.1) is 10.1 Å². The van der Waals surface area contributed by atoms with Gasteiger partial charge in [-0.1, -0.05) is 11.6 Å². The molecule has 0 aliphatic rings. The van der Waals surface area contributed by atoms with Crippen molar-refractivity contribution in [2.75, 3.05) is 5.32 Å². The Balaban J connectivity index is 2.22. The van der Waals surface area contributed by atoms with Crippen LogP contribution in [-0.4, -0.2) is 26.2 Å². The molecule has 0 atom stereocenters. The van der Waals surface area contributed by atoms with Crippen LogP contribution in [0.5, 0.6) is 0 Å². The first-order valence-corrected chi connectivity index (χ1v) is 5.07. The first-order valence-electron chi connectivity index (χ1n) is 4.69. The second kappa shape index (κ2) is 4.80. The van der Waals surface area contributed by atoms with E-state index >= 15 is 0 Å². The molecule has 0 saturated carbocycles. The first kappa shape index (κ1) is 12.0. The largest absolute Gasteiger partial charge is 0.320 e. The molecule has 0 aliphatic heterocycles. The van der Waals surface area contributed by atoms with Gasteiger partial charge in [-0.05, 0) is 12.1 Å². The topological polar surface area (TPSA) is 114 Å². The molecule has 9 heteroatoms. The average Bonchev–Trinajstić information content (AvgIpc) is 2.85. The third-order valence-corrected chi connectivity index (χ3v) is 2.37. The zero-order valence-corrected chi connectivity index (χ0v) is 9.51. The van der Waals surface area contributed by atoms with Gasteiger partial charge in [0.15, 0.2) is 5.69 Å². The summed E-state index contributed by atoms with van der Waals surface area (Å²) in [6.45, 7) is 0. The third-order valence-electron chi connectivity index (χ3n) is 2.05. The van der Waals surface area contributed by atoms with Gasteiger partial charge in [0.2, 0.25) is 0 Å². The number of aromatic nitrogens is 3. The second-order valence-electron chi connectivity index (χ2n) is 3.23. The number of nitrogens with zero attached hydrogens (tertiary/aromatic N) is 3. The van der Waals surface area contributed by atoms with E-state index in [1.165, 1.54) is 24.4 Å². The van der Waals surface area contributed by atoms with Crippen LogP contribution in [0.2, 0.25) is 5.02 Å². The summed E-state index contributed by atoms with van der Waals surface area (Å²) in [7, 11) is 0. The molecule has 18 heavy (non-hydrogen) atoms. The molecule has 0 fully saturated rings. The number of hydrogen-bond acceptors (Lipinski definition) is 5. The Labute approximate surface area is 105 Å². The molecule has 1 heterocycles. The summed E-state index contributed by atoms with van der Waals surface area (Å²) < 4.78 is 0. The number of nitrogens with one attached hydrogen (secondary N) is 2. The lowest BCUT2D eigenvalue weighted by molar-refractivity contribution is -0.384. The van der Waals surface area contributed by atoms with Gasteiger partial charge in [-0.15, -0.1) is 0 Å². The van der Waals surface area contributed by atoms with Gasteiger partial charge in [-0.25, -0.2) is 0 Å². The lowest BCUT2D eigenvalue weighted by Crippen LogP contribution is -2.12. The minimum absolute atomic E-state index is 0.000523. The van der Waals surface area contributed by atoms with Gasteiger partial charge in [0.05, 0.1) is 11.1 Å². The van der Waals surface area contributed by atoms with Crippen LogP contribution in [0.1, 0.15) is 10.5 Å². The summed E-state index contributed by atoms with van der Waals surface area (Å²) in [5, 5.41) is 22.5. The van der Waals surface area contributed by atoms with E-state index in [-0.39, 0.29) is 22.1 Å². The molecule has 0 radical (unpaired) electrons. The lowest BCUT2D eigenvalue weighted by Gasteiger charge is -2.03. The standard InChI is InChI=1S/C9H6ClN5O3/c10-6-2-1-5(3-8(6)15(17)18)12-9(16)7-4-11-14-13-7/h1-4H,(H,12,16)(H,11,13,14). The molecule has 1 aromatic carbocycles. The Bertz CT molecular complexity index is 598. The van der Waals surface area contributed by atoms with Crippen molar-refractivity contribution in [2.45, 2.75) is 0 Å². The normalized spacial score (nSPS) is 10.1. The number of carbonyl (C=O) groups excluding carboxylic acids is 1. The summed E-state index contributed by atoms with van der Waals surface area (Å²) in [4.78, 5) is 21.6. The number of anilines is 1. The van der Waals surface area contributed by atoms with Crippen molar-refractivity contribution in [3.05, 3.63) is 45.2 Å². The summed E-state index contributed by atoms with van der Waals surface area (Å²) in [5.41, 5.74) is 0.0429. The van der Waals surface area contributed by atoms with Crippen molar-refractivity contribution in [2.24, 2.45) is 0 Å². The number of amides is 1. The predicted molar refractivity (Wildman–Crippen MR) is 62.4 cm³/mol. The molecule has 2 N–H and O–H groups in total. The summed E-state index contributed by atoms with van der Waals surface area (Å²) in [6.07, 6.45) is 1.24. The fourth-order valence-electron chi connectivity index (χ4n) is 1.24. The molecule has 0 spiro atoms. The van der Waals surface area contributed by atoms with Crippen molar-refractivity contribution in [3.63, 3.8) is 0 Å². The van der Waals surface area contributed by atoms with E-state index < -0.39 is 10.8 Å². The van der Waals surface area contributed by atoms with Crippen LogP contribution in [0.25, 0.3) is 0 Å². The van der Waals surface area contributed by atoms with Gasteiger partial charge < -0.3 is 5.32 Å². The Hall–Kier alpha value is -2.48.